The van der Waals surface area contributed by atoms with E-state index in [0.717, 1.165) is 0 Å². The molecule has 1 rings (SSSR count). The standard InChI is InChI=1S/C5H5.3CH3.3ClH.Ti/c1-2-4-5-3-1;;;;;;;/h1-3H,4H2;3*1H3;3*1H;/q;;;;;;;+3/p-3. The van der Waals surface area contributed by atoms with Crippen LogP contribution in [0.4, 0.5) is 0 Å². The number of rotatable bonds is 1. The summed E-state index contributed by atoms with van der Waals surface area (Å²) >= 11 is -1.38. The van der Waals surface area contributed by atoms with Gasteiger partial charge in [0.2, 0.25) is 0 Å². The van der Waals surface area contributed by atoms with Crippen LogP contribution < -0.4 is 37.2 Å². The van der Waals surface area contributed by atoms with Gasteiger partial charge >= 0.3 is 60.8 Å². The third-order valence-corrected chi connectivity index (χ3v) is 5.32. The van der Waals surface area contributed by atoms with E-state index in [4.69, 9.17) is 0 Å². The van der Waals surface area contributed by atoms with Gasteiger partial charge in [-0.05, 0) is 0 Å². The number of hydrogen-bond acceptors (Lipinski definition) is 0. The fourth-order valence-electron chi connectivity index (χ4n) is 1.00. The predicted octanol–water partition coefficient (Wildman–Crippen LogP) is -5.86. The van der Waals surface area contributed by atoms with Crippen molar-refractivity contribution in [3.05, 3.63) is 22.1 Å². The Kier molecular flexibility index (Phi) is 11.7. The fourth-order valence-corrected chi connectivity index (χ4v) is 3.07. The summed E-state index contributed by atoms with van der Waals surface area (Å²) in [5, 5.41) is 7.33. The Hall–Kier alpha value is 1.06. The molecule has 0 spiro atoms. The largest absolute Gasteiger partial charge is 1.00 e. The number of halogens is 3. The molecular weight excluding hydrogens is 250 g/mol. The van der Waals surface area contributed by atoms with Crippen LogP contribution in [0.1, 0.15) is 6.42 Å². The van der Waals surface area contributed by atoms with Crippen LogP contribution in [-0.2, 0) is 16.6 Å². The Morgan fingerprint density at radius 3 is 1.75 bits per heavy atom. The van der Waals surface area contributed by atoms with Gasteiger partial charge in [-0.25, -0.2) is 0 Å². The van der Waals surface area contributed by atoms with E-state index < -0.39 is 16.6 Å². The van der Waals surface area contributed by atoms with E-state index in [9.17, 15) is 0 Å². The van der Waals surface area contributed by atoms with Crippen molar-refractivity contribution < 1.29 is 53.8 Å². The predicted molar refractivity (Wildman–Crippen MR) is 39.4 cm³/mol. The van der Waals surface area contributed by atoms with Crippen molar-refractivity contribution in [2.45, 2.75) is 22.1 Å². The van der Waals surface area contributed by atoms with E-state index in [0.29, 0.717) is 0 Å². The molecule has 0 aromatic heterocycles. The summed E-state index contributed by atoms with van der Waals surface area (Å²) in [5.74, 6) is 0. The number of allylic oxidation sites excluding steroid dienone is 4. The van der Waals surface area contributed by atoms with Gasteiger partial charge in [0.25, 0.3) is 0 Å². The Balaban J connectivity index is -0.000000270. The van der Waals surface area contributed by atoms with Crippen molar-refractivity contribution in [2.24, 2.45) is 0 Å². The minimum absolute atomic E-state index is 0. The third-order valence-electron chi connectivity index (χ3n) is 1.73. The van der Waals surface area contributed by atoms with Crippen molar-refractivity contribution >= 4 is 0 Å². The van der Waals surface area contributed by atoms with Gasteiger partial charge in [0.1, 0.15) is 0 Å². The molecule has 0 atom stereocenters. The summed E-state index contributed by atoms with van der Waals surface area (Å²) in [6, 6.07) is 0. The normalized spacial score (nSPS) is 12.4. The van der Waals surface area contributed by atoms with Gasteiger partial charge in [-0.1, -0.05) is 0 Å². The second-order valence-corrected chi connectivity index (χ2v) is 11.6. The summed E-state index contributed by atoms with van der Waals surface area (Å²) in [6.07, 6.45) is 7.99. The van der Waals surface area contributed by atoms with Crippen LogP contribution >= 0.6 is 0 Å². The Bertz CT molecular complexity index is 168. The molecule has 0 radical (unpaired) electrons. The maximum atomic E-state index is 2.44. The number of hydrogen-bond donors (Lipinski definition) is 0. The molecule has 0 saturated heterocycles. The monoisotopic (exact) mass is 263 g/mol. The quantitative estimate of drug-likeness (QED) is 0.414. The maximum Gasteiger partial charge on any atom is -1.00 e. The van der Waals surface area contributed by atoms with Crippen LogP contribution in [0.5, 0.6) is 0 Å². The molecule has 0 aliphatic heterocycles. The molecule has 0 N–H and O–H groups in total. The van der Waals surface area contributed by atoms with Crippen molar-refractivity contribution in [2.75, 3.05) is 0 Å². The van der Waals surface area contributed by atoms with Gasteiger partial charge in [0, 0.05) is 0 Å². The fraction of sp³-hybridized carbons (Fsp3) is 0.500. The molecule has 0 nitrogen and oxygen atoms in total. The van der Waals surface area contributed by atoms with Crippen LogP contribution in [-0.4, -0.2) is 0 Å². The molecule has 0 aromatic rings. The molecule has 1 aliphatic rings. The van der Waals surface area contributed by atoms with Gasteiger partial charge in [-0.2, -0.15) is 0 Å². The molecule has 0 saturated carbocycles. The average Bonchev–Trinajstić information content (AvgIpc) is 2.08. The molecule has 12 heavy (non-hydrogen) atoms. The van der Waals surface area contributed by atoms with E-state index in [1.807, 2.05) is 0 Å². The molecule has 0 aromatic carbocycles. The summed E-state index contributed by atoms with van der Waals surface area (Å²) in [6.45, 7) is 0. The van der Waals surface area contributed by atoms with E-state index in [1.54, 1.807) is 3.88 Å². The zero-order valence-corrected chi connectivity index (χ0v) is 11.4. The van der Waals surface area contributed by atoms with Crippen LogP contribution in [0, 0.1) is 0 Å². The third kappa shape index (κ3) is 5.67. The summed E-state index contributed by atoms with van der Waals surface area (Å²) in [7, 11) is 0. The first kappa shape index (κ1) is 18.8. The van der Waals surface area contributed by atoms with Gasteiger partial charge in [-0.3, -0.25) is 0 Å². The maximum absolute atomic E-state index is 2.44. The second-order valence-electron chi connectivity index (χ2n) is 3.57. The topological polar surface area (TPSA) is 0 Å². The van der Waals surface area contributed by atoms with Gasteiger partial charge in [-0.15, -0.1) is 0 Å². The van der Waals surface area contributed by atoms with E-state index in [1.165, 1.54) is 6.42 Å². The molecule has 0 unspecified atom stereocenters. The Morgan fingerprint density at radius 2 is 1.58 bits per heavy atom. The summed E-state index contributed by atoms with van der Waals surface area (Å²) < 4.78 is 1.73. The van der Waals surface area contributed by atoms with Crippen molar-refractivity contribution in [3.63, 3.8) is 0 Å². The summed E-state index contributed by atoms with van der Waals surface area (Å²) in [5.41, 5.74) is 0. The molecule has 0 heterocycles. The molecule has 1 aliphatic carbocycles. The minimum atomic E-state index is -1.38. The molecule has 0 fully saturated rings. The van der Waals surface area contributed by atoms with Crippen molar-refractivity contribution in [1.82, 2.24) is 0 Å². The van der Waals surface area contributed by atoms with Gasteiger partial charge in [0.05, 0.1) is 0 Å². The van der Waals surface area contributed by atoms with Crippen molar-refractivity contribution in [3.8, 4) is 0 Å². The summed E-state index contributed by atoms with van der Waals surface area (Å²) in [4.78, 5) is 0. The van der Waals surface area contributed by atoms with E-state index in [-0.39, 0.29) is 37.2 Å². The Morgan fingerprint density at radius 1 is 1.08 bits per heavy atom. The average molecular weight is 264 g/mol. The molecular formula is C8H14Cl3Ti. The minimum Gasteiger partial charge on any atom is -1.00 e. The first-order valence-electron chi connectivity index (χ1n) is 3.47. The van der Waals surface area contributed by atoms with Gasteiger partial charge < -0.3 is 37.2 Å². The zero-order chi connectivity index (χ0) is 6.91. The molecule has 4 heteroatoms. The van der Waals surface area contributed by atoms with Crippen molar-refractivity contribution in [1.29, 1.82) is 0 Å². The van der Waals surface area contributed by atoms with Crippen LogP contribution in [0.3, 0.4) is 0 Å². The van der Waals surface area contributed by atoms with E-state index >= 15 is 0 Å². The first-order valence-corrected chi connectivity index (χ1v) is 8.93. The molecule has 71 valence electrons. The second kappa shape index (κ2) is 7.47. The van der Waals surface area contributed by atoms with Crippen LogP contribution in [0.15, 0.2) is 22.1 Å². The van der Waals surface area contributed by atoms with E-state index in [2.05, 4.69) is 33.9 Å². The molecule has 0 bridgehead atoms. The van der Waals surface area contributed by atoms with Crippen LogP contribution in [0.2, 0.25) is 15.7 Å². The smallest absolute Gasteiger partial charge is 1.00 e. The van der Waals surface area contributed by atoms with Gasteiger partial charge in [0.15, 0.2) is 0 Å². The zero-order valence-electron chi connectivity index (χ0n) is 7.57. The molecule has 0 amide bonds. The van der Waals surface area contributed by atoms with Crippen LogP contribution in [0.25, 0.3) is 0 Å². The first-order chi connectivity index (χ1) is 4.11. The SMILES string of the molecule is [CH3][Ti+3]([CH3])([CH3])[C]1=CC=CC1.[Cl-].[Cl-].[Cl-]. The Labute approximate surface area is 97.5 Å².